The number of rotatable bonds is 5. The van der Waals surface area contributed by atoms with Crippen molar-refractivity contribution in [3.63, 3.8) is 0 Å². The Bertz CT molecular complexity index is 141. The minimum atomic E-state index is -1.03. The lowest BCUT2D eigenvalue weighted by atomic mass is 10.2. The Labute approximate surface area is 64.8 Å². The Balaban J connectivity index is 3.44. The Morgan fingerprint density at radius 2 is 2.18 bits per heavy atom. The topological polar surface area (TPSA) is 77.8 Å². The van der Waals surface area contributed by atoms with E-state index in [2.05, 4.69) is 0 Å². The molecule has 64 valence electrons. The van der Waals surface area contributed by atoms with Crippen LogP contribution in [0.25, 0.3) is 0 Å². The van der Waals surface area contributed by atoms with Crippen LogP contribution in [0.1, 0.15) is 12.8 Å². The van der Waals surface area contributed by atoms with E-state index in [0.717, 1.165) is 6.08 Å². The number of carboxylic acids is 1. The van der Waals surface area contributed by atoms with Gasteiger partial charge < -0.3 is 15.3 Å². The Kier molecular flexibility index (Phi) is 5.42. The summed E-state index contributed by atoms with van der Waals surface area (Å²) in [6.45, 7) is -0.0813. The van der Waals surface area contributed by atoms with Crippen molar-refractivity contribution in [3.05, 3.63) is 12.2 Å². The molecule has 0 aromatic heterocycles. The first-order valence-electron chi connectivity index (χ1n) is 3.35. The highest BCUT2D eigenvalue weighted by molar-refractivity contribution is 5.79. The maximum atomic E-state index is 9.92. The zero-order chi connectivity index (χ0) is 8.69. The third kappa shape index (κ3) is 7.02. The molecule has 0 radical (unpaired) electrons. The molecule has 1 atom stereocenters. The zero-order valence-corrected chi connectivity index (χ0v) is 6.10. The summed E-state index contributed by atoms with van der Waals surface area (Å²) in [7, 11) is 0. The van der Waals surface area contributed by atoms with E-state index in [0.29, 0.717) is 0 Å². The fourth-order valence-electron chi connectivity index (χ4n) is 0.593. The second-order valence-corrected chi connectivity index (χ2v) is 2.14. The predicted molar refractivity (Wildman–Crippen MR) is 39.1 cm³/mol. The van der Waals surface area contributed by atoms with Crippen molar-refractivity contribution < 1.29 is 20.1 Å². The molecule has 0 aliphatic carbocycles. The van der Waals surface area contributed by atoms with Gasteiger partial charge in [-0.3, -0.25) is 0 Å². The largest absolute Gasteiger partial charge is 0.478 e. The van der Waals surface area contributed by atoms with Gasteiger partial charge in [0.05, 0.1) is 6.10 Å². The summed E-state index contributed by atoms with van der Waals surface area (Å²) in [5, 5.41) is 25.4. The van der Waals surface area contributed by atoms with Crippen molar-refractivity contribution in [2.45, 2.75) is 18.9 Å². The van der Waals surface area contributed by atoms with Crippen LogP contribution in [-0.2, 0) is 4.79 Å². The molecular formula is C7H12O4. The van der Waals surface area contributed by atoms with E-state index in [1.807, 2.05) is 0 Å². The highest BCUT2D eigenvalue weighted by Gasteiger charge is 1.99. The van der Waals surface area contributed by atoms with Crippen LogP contribution in [0, 0.1) is 0 Å². The van der Waals surface area contributed by atoms with Gasteiger partial charge in [-0.15, -0.1) is 0 Å². The molecule has 4 heteroatoms. The molecule has 0 aromatic carbocycles. The highest BCUT2D eigenvalue weighted by Crippen LogP contribution is 1.97. The van der Waals surface area contributed by atoms with Gasteiger partial charge in [0, 0.05) is 12.7 Å². The normalized spacial score (nSPS) is 13.6. The van der Waals surface area contributed by atoms with Gasteiger partial charge in [-0.1, -0.05) is 6.08 Å². The van der Waals surface area contributed by atoms with Crippen LogP contribution in [0.15, 0.2) is 12.2 Å². The number of hydrogen-bond donors (Lipinski definition) is 3. The second kappa shape index (κ2) is 5.88. The predicted octanol–water partition coefficient (Wildman–Crippen LogP) is -0.239. The molecule has 0 spiro atoms. The van der Waals surface area contributed by atoms with Crippen LogP contribution >= 0.6 is 0 Å². The number of aliphatic hydroxyl groups is 2. The van der Waals surface area contributed by atoms with Crippen LogP contribution in [0.3, 0.4) is 0 Å². The smallest absolute Gasteiger partial charge is 0.327 e. The number of aliphatic carboxylic acids is 1. The van der Waals surface area contributed by atoms with Crippen LogP contribution in [0.4, 0.5) is 0 Å². The molecule has 0 aliphatic rings. The lowest BCUT2D eigenvalue weighted by molar-refractivity contribution is -0.131. The summed E-state index contributed by atoms with van der Waals surface area (Å²) < 4.78 is 0. The lowest BCUT2D eigenvalue weighted by Crippen LogP contribution is -2.07. The number of carbonyl (C=O) groups is 1. The first-order valence-corrected chi connectivity index (χ1v) is 3.35. The molecule has 0 bridgehead atoms. The molecule has 0 saturated carbocycles. The van der Waals surface area contributed by atoms with Gasteiger partial charge in [-0.05, 0) is 12.8 Å². The SMILES string of the molecule is O=C(O)/C=C/C[C@H](O)CCO. The summed E-state index contributed by atoms with van der Waals surface area (Å²) in [5.74, 6) is -1.03. The Morgan fingerprint density at radius 3 is 2.64 bits per heavy atom. The molecule has 0 aromatic rings. The molecule has 0 aliphatic heterocycles. The van der Waals surface area contributed by atoms with E-state index < -0.39 is 12.1 Å². The first-order chi connectivity index (χ1) is 5.16. The van der Waals surface area contributed by atoms with Crippen LogP contribution in [-0.4, -0.2) is 34.0 Å². The molecule has 0 amide bonds. The van der Waals surface area contributed by atoms with E-state index in [1.165, 1.54) is 6.08 Å². The summed E-state index contributed by atoms with van der Waals surface area (Å²) in [5.41, 5.74) is 0. The van der Waals surface area contributed by atoms with Crippen molar-refractivity contribution >= 4 is 5.97 Å². The summed E-state index contributed by atoms with van der Waals surface area (Å²) in [4.78, 5) is 9.92. The van der Waals surface area contributed by atoms with Gasteiger partial charge in [0.25, 0.3) is 0 Å². The monoisotopic (exact) mass is 160 g/mol. The van der Waals surface area contributed by atoms with Crippen LogP contribution < -0.4 is 0 Å². The van der Waals surface area contributed by atoms with Crippen molar-refractivity contribution in [1.29, 1.82) is 0 Å². The Morgan fingerprint density at radius 1 is 1.55 bits per heavy atom. The van der Waals surface area contributed by atoms with E-state index in [-0.39, 0.29) is 19.4 Å². The van der Waals surface area contributed by atoms with Gasteiger partial charge in [0.2, 0.25) is 0 Å². The lowest BCUT2D eigenvalue weighted by Gasteiger charge is -2.02. The summed E-state index contributed by atoms with van der Waals surface area (Å²) in [6, 6.07) is 0. The van der Waals surface area contributed by atoms with Gasteiger partial charge >= 0.3 is 5.97 Å². The zero-order valence-electron chi connectivity index (χ0n) is 6.10. The molecule has 0 saturated heterocycles. The maximum absolute atomic E-state index is 9.92. The van der Waals surface area contributed by atoms with Gasteiger partial charge in [-0.2, -0.15) is 0 Å². The average molecular weight is 160 g/mol. The molecular weight excluding hydrogens is 148 g/mol. The molecule has 0 rings (SSSR count). The molecule has 11 heavy (non-hydrogen) atoms. The third-order valence-electron chi connectivity index (χ3n) is 1.13. The fourth-order valence-corrected chi connectivity index (χ4v) is 0.593. The molecule has 0 unspecified atom stereocenters. The summed E-state index contributed by atoms with van der Waals surface area (Å²) >= 11 is 0. The second-order valence-electron chi connectivity index (χ2n) is 2.14. The number of carboxylic acid groups (broad SMARTS) is 1. The van der Waals surface area contributed by atoms with Crippen LogP contribution in [0.5, 0.6) is 0 Å². The van der Waals surface area contributed by atoms with Crippen molar-refractivity contribution in [2.24, 2.45) is 0 Å². The highest BCUT2D eigenvalue weighted by atomic mass is 16.4. The molecule has 3 N–H and O–H groups in total. The first kappa shape index (κ1) is 10.1. The van der Waals surface area contributed by atoms with Crippen LogP contribution in [0.2, 0.25) is 0 Å². The molecule has 0 fully saturated rings. The van der Waals surface area contributed by atoms with Gasteiger partial charge in [0.1, 0.15) is 0 Å². The standard InChI is InChI=1S/C7H12O4/c8-5-4-6(9)2-1-3-7(10)11/h1,3,6,8-9H,2,4-5H2,(H,10,11)/b3-1+/t6-/m0/s1. The fraction of sp³-hybridized carbons (Fsp3) is 0.571. The minimum Gasteiger partial charge on any atom is -0.478 e. The average Bonchev–Trinajstić information content (AvgIpc) is 1.87. The van der Waals surface area contributed by atoms with Gasteiger partial charge in [-0.25, -0.2) is 4.79 Å². The van der Waals surface area contributed by atoms with Crippen molar-refractivity contribution in [1.82, 2.24) is 0 Å². The Hall–Kier alpha value is -0.870. The van der Waals surface area contributed by atoms with Gasteiger partial charge in [0.15, 0.2) is 0 Å². The van der Waals surface area contributed by atoms with E-state index in [1.54, 1.807) is 0 Å². The van der Waals surface area contributed by atoms with E-state index in [9.17, 15) is 4.79 Å². The van der Waals surface area contributed by atoms with E-state index in [4.69, 9.17) is 15.3 Å². The molecule has 4 nitrogen and oxygen atoms in total. The third-order valence-corrected chi connectivity index (χ3v) is 1.13. The molecule has 0 heterocycles. The minimum absolute atomic E-state index is 0.0813. The maximum Gasteiger partial charge on any atom is 0.327 e. The van der Waals surface area contributed by atoms with E-state index >= 15 is 0 Å². The quantitative estimate of drug-likeness (QED) is 0.485. The van der Waals surface area contributed by atoms with Crippen molar-refractivity contribution in [2.75, 3.05) is 6.61 Å². The van der Waals surface area contributed by atoms with Crippen molar-refractivity contribution in [3.8, 4) is 0 Å². The number of hydrogen-bond acceptors (Lipinski definition) is 3. The number of aliphatic hydroxyl groups excluding tert-OH is 2. The summed E-state index contributed by atoms with van der Waals surface area (Å²) in [6.07, 6.45) is 2.25.